The number of hydrogen-bond donors (Lipinski definition) is 1. The summed E-state index contributed by atoms with van der Waals surface area (Å²) in [7, 11) is 1.49. The predicted octanol–water partition coefficient (Wildman–Crippen LogP) is 2.65. The van der Waals surface area contributed by atoms with Gasteiger partial charge in [0, 0.05) is 11.6 Å². The molecular weight excluding hydrogens is 408 g/mol. The number of nitrogens with one attached hydrogen (secondary N) is 1. The lowest BCUT2D eigenvalue weighted by molar-refractivity contribution is -0.122. The monoisotopic (exact) mass is 426 g/mol. The third kappa shape index (κ3) is 3.55. The van der Waals surface area contributed by atoms with Crippen molar-refractivity contribution >= 4 is 40.9 Å². The van der Waals surface area contributed by atoms with Crippen molar-refractivity contribution in [2.24, 2.45) is 0 Å². The fraction of sp³-hybridized carbons (Fsp3) is 0.190. The Morgan fingerprint density at radius 3 is 2.53 bits per heavy atom. The maximum Gasteiger partial charge on any atom is 0.270 e. The Morgan fingerprint density at radius 1 is 1.17 bits per heavy atom. The highest BCUT2D eigenvalue weighted by Crippen LogP contribution is 2.39. The van der Waals surface area contributed by atoms with Crippen molar-refractivity contribution in [2.45, 2.75) is 6.92 Å². The number of carbonyl (C=O) groups is 2. The van der Waals surface area contributed by atoms with Gasteiger partial charge in [-0.25, -0.2) is 0 Å². The summed E-state index contributed by atoms with van der Waals surface area (Å²) in [5, 5.41) is 2.56. The zero-order valence-corrected chi connectivity index (χ0v) is 17.1. The summed E-state index contributed by atoms with van der Waals surface area (Å²) in [4.78, 5) is 27.0. The topological polar surface area (TPSA) is 86.3 Å². The summed E-state index contributed by atoms with van der Waals surface area (Å²) in [5.41, 5.74) is 0.923. The highest BCUT2D eigenvalue weighted by molar-refractivity contribution is 7.80. The van der Waals surface area contributed by atoms with E-state index in [-0.39, 0.29) is 17.5 Å². The molecule has 0 radical (unpaired) electrons. The number of anilines is 1. The van der Waals surface area contributed by atoms with Crippen LogP contribution >= 0.6 is 12.2 Å². The van der Waals surface area contributed by atoms with Gasteiger partial charge in [0.25, 0.3) is 11.8 Å². The molecule has 2 aromatic carbocycles. The normalized spacial score (nSPS) is 16.7. The molecule has 2 amide bonds. The second-order valence-corrected chi connectivity index (χ2v) is 6.72. The van der Waals surface area contributed by atoms with Crippen molar-refractivity contribution in [3.8, 4) is 23.0 Å². The minimum atomic E-state index is -0.591. The van der Waals surface area contributed by atoms with E-state index in [9.17, 15) is 9.59 Å². The second kappa shape index (κ2) is 8.03. The number of benzene rings is 2. The largest absolute Gasteiger partial charge is 0.496 e. The van der Waals surface area contributed by atoms with Crippen molar-refractivity contribution in [3.63, 3.8) is 0 Å². The van der Waals surface area contributed by atoms with Crippen LogP contribution < -0.4 is 29.2 Å². The van der Waals surface area contributed by atoms with E-state index >= 15 is 0 Å². The maximum atomic E-state index is 13.2. The third-order valence-electron chi connectivity index (χ3n) is 4.53. The molecule has 2 heterocycles. The number of carbonyl (C=O) groups excluding carboxylic acids is 2. The second-order valence-electron chi connectivity index (χ2n) is 6.33. The van der Waals surface area contributed by atoms with E-state index in [1.165, 1.54) is 18.1 Å². The van der Waals surface area contributed by atoms with Crippen LogP contribution in [0.15, 0.2) is 42.0 Å². The third-order valence-corrected chi connectivity index (χ3v) is 4.82. The van der Waals surface area contributed by atoms with Crippen LogP contribution in [0.2, 0.25) is 0 Å². The summed E-state index contributed by atoms with van der Waals surface area (Å²) in [6.07, 6.45) is 1.45. The number of amides is 2. The van der Waals surface area contributed by atoms with Crippen LogP contribution in [0.1, 0.15) is 12.5 Å². The number of ether oxygens (including phenoxy) is 4. The highest BCUT2D eigenvalue weighted by Gasteiger charge is 2.35. The molecule has 4 rings (SSSR count). The Morgan fingerprint density at radius 2 is 1.87 bits per heavy atom. The van der Waals surface area contributed by atoms with E-state index in [2.05, 4.69) is 5.32 Å². The molecular formula is C21H18N2O6S. The number of methoxy groups -OCH3 is 1. The quantitative estimate of drug-likeness (QED) is 0.447. The van der Waals surface area contributed by atoms with Crippen molar-refractivity contribution in [3.05, 3.63) is 47.5 Å². The molecule has 0 atom stereocenters. The van der Waals surface area contributed by atoms with Crippen LogP contribution in [0, 0.1) is 0 Å². The zero-order chi connectivity index (χ0) is 21.3. The summed E-state index contributed by atoms with van der Waals surface area (Å²) >= 11 is 5.23. The molecule has 30 heavy (non-hydrogen) atoms. The summed E-state index contributed by atoms with van der Waals surface area (Å²) in [6.45, 7) is 2.51. The summed E-state index contributed by atoms with van der Waals surface area (Å²) in [5.74, 6) is 1.00. The smallest absolute Gasteiger partial charge is 0.270 e. The molecule has 8 nitrogen and oxygen atoms in total. The van der Waals surface area contributed by atoms with Crippen LogP contribution in [-0.4, -0.2) is 37.4 Å². The van der Waals surface area contributed by atoms with Crippen molar-refractivity contribution in [1.82, 2.24) is 5.32 Å². The Balaban J connectivity index is 1.71. The fourth-order valence-electron chi connectivity index (χ4n) is 3.13. The molecule has 2 aliphatic rings. The SMILES string of the molecule is CCOc1ccc(N2C(=O)/C(=C\c3cc4c(cc3OC)OCO4)C(=O)NC2=S)cc1. The first-order valence-electron chi connectivity index (χ1n) is 9.13. The van der Waals surface area contributed by atoms with Gasteiger partial charge in [-0.2, -0.15) is 0 Å². The molecule has 0 aliphatic carbocycles. The van der Waals surface area contributed by atoms with Crippen molar-refractivity contribution < 1.29 is 28.5 Å². The van der Waals surface area contributed by atoms with Gasteiger partial charge in [0.15, 0.2) is 16.6 Å². The molecule has 0 spiro atoms. The van der Waals surface area contributed by atoms with Crippen LogP contribution in [0.3, 0.4) is 0 Å². The Labute approximate surface area is 178 Å². The van der Waals surface area contributed by atoms with Crippen LogP contribution in [0.4, 0.5) is 5.69 Å². The molecule has 0 saturated carbocycles. The average molecular weight is 426 g/mol. The lowest BCUT2D eigenvalue weighted by Gasteiger charge is -2.29. The number of thiocarbonyl (C=S) groups is 1. The molecule has 1 N–H and O–H groups in total. The van der Waals surface area contributed by atoms with Gasteiger partial charge in [-0.05, 0) is 55.5 Å². The maximum absolute atomic E-state index is 13.2. The van der Waals surface area contributed by atoms with Gasteiger partial charge in [0.05, 0.1) is 19.4 Å². The van der Waals surface area contributed by atoms with Gasteiger partial charge < -0.3 is 18.9 Å². The van der Waals surface area contributed by atoms with E-state index in [1.54, 1.807) is 36.4 Å². The Hall–Kier alpha value is -3.59. The molecule has 0 bridgehead atoms. The average Bonchev–Trinajstić information content (AvgIpc) is 3.19. The van der Waals surface area contributed by atoms with Gasteiger partial charge >= 0.3 is 0 Å². The van der Waals surface area contributed by atoms with Gasteiger partial charge in [-0.1, -0.05) is 0 Å². The molecule has 1 fully saturated rings. The molecule has 2 aromatic rings. The van der Waals surface area contributed by atoms with Crippen LogP contribution in [-0.2, 0) is 9.59 Å². The van der Waals surface area contributed by atoms with E-state index in [1.807, 2.05) is 6.92 Å². The van der Waals surface area contributed by atoms with Crippen molar-refractivity contribution in [1.29, 1.82) is 0 Å². The molecule has 1 saturated heterocycles. The standard InChI is InChI=1S/C21H18N2O6S/c1-3-27-14-6-4-13(5-7-14)23-20(25)15(19(24)22-21(23)30)8-12-9-17-18(29-11-28-17)10-16(12)26-2/h4-10H,3,11H2,1-2H3,(H,22,24,30)/b15-8-. The number of rotatable bonds is 5. The van der Waals surface area contributed by atoms with Crippen molar-refractivity contribution in [2.75, 3.05) is 25.4 Å². The molecule has 154 valence electrons. The first kappa shape index (κ1) is 19.7. The molecule has 0 unspecified atom stereocenters. The van der Waals surface area contributed by atoms with Gasteiger partial charge in [-0.15, -0.1) is 0 Å². The Bertz CT molecular complexity index is 1060. The number of fused-ring (bicyclic) bond motifs is 1. The van der Waals surface area contributed by atoms with E-state index < -0.39 is 11.8 Å². The van der Waals surface area contributed by atoms with E-state index in [0.29, 0.717) is 40.9 Å². The van der Waals surface area contributed by atoms with E-state index in [4.69, 9.17) is 31.2 Å². The lowest BCUT2D eigenvalue weighted by atomic mass is 10.1. The van der Waals surface area contributed by atoms with Gasteiger partial charge in [-0.3, -0.25) is 19.8 Å². The molecule has 9 heteroatoms. The zero-order valence-electron chi connectivity index (χ0n) is 16.3. The minimum absolute atomic E-state index is 0.00367. The number of nitrogens with zero attached hydrogens (tertiary/aromatic N) is 1. The highest BCUT2D eigenvalue weighted by atomic mass is 32.1. The molecule has 0 aromatic heterocycles. The van der Waals surface area contributed by atoms with E-state index in [0.717, 1.165) is 0 Å². The number of hydrogen-bond acceptors (Lipinski definition) is 7. The van der Waals surface area contributed by atoms with Gasteiger partial charge in [0.2, 0.25) is 6.79 Å². The lowest BCUT2D eigenvalue weighted by Crippen LogP contribution is -2.54. The molecule has 2 aliphatic heterocycles. The first-order chi connectivity index (χ1) is 14.5. The van der Waals surface area contributed by atoms with Gasteiger partial charge in [0.1, 0.15) is 17.1 Å². The minimum Gasteiger partial charge on any atom is -0.496 e. The summed E-state index contributed by atoms with van der Waals surface area (Å²) < 4.78 is 21.5. The first-order valence-corrected chi connectivity index (χ1v) is 9.54. The van der Waals surface area contributed by atoms with Crippen LogP contribution in [0.25, 0.3) is 6.08 Å². The predicted molar refractivity (Wildman–Crippen MR) is 113 cm³/mol. The Kier molecular flexibility index (Phi) is 5.28. The summed E-state index contributed by atoms with van der Waals surface area (Å²) in [6, 6.07) is 10.2. The fourth-order valence-corrected chi connectivity index (χ4v) is 3.42. The van der Waals surface area contributed by atoms with Crippen LogP contribution in [0.5, 0.6) is 23.0 Å².